The molecule has 3 aromatic rings. The summed E-state index contributed by atoms with van der Waals surface area (Å²) < 4.78 is 12.2. The summed E-state index contributed by atoms with van der Waals surface area (Å²) in [6.45, 7) is 0.384. The van der Waals surface area contributed by atoms with Gasteiger partial charge in [0.1, 0.15) is 12.3 Å². The van der Waals surface area contributed by atoms with Crippen molar-refractivity contribution in [1.82, 2.24) is 10.2 Å². The Balaban J connectivity index is 1.45. The first-order valence-electron chi connectivity index (χ1n) is 10.6. The predicted molar refractivity (Wildman–Crippen MR) is 132 cm³/mol. The van der Waals surface area contributed by atoms with Gasteiger partial charge in [-0.25, -0.2) is 9.59 Å². The zero-order valence-electron chi connectivity index (χ0n) is 18.7. The lowest BCUT2D eigenvalue weighted by Gasteiger charge is -2.12. The maximum atomic E-state index is 12.8. The van der Waals surface area contributed by atoms with Gasteiger partial charge in [0.25, 0.3) is 5.91 Å². The minimum absolute atomic E-state index is 0.166. The standard InChI is InChI=1S/C26H21BrN2O6/c1-34-23-13-18(6-11-22(23)35-15-17-2-7-19(8-3-17)25(31)32)12-21-24(30)29(26(33)28-21)14-16-4-9-20(27)10-5-16/h2-13H,14-15H2,1H3,(H,28,33)(H,31,32)/b21-12+. The van der Waals surface area contributed by atoms with Crippen LogP contribution in [0, 0.1) is 0 Å². The molecule has 2 N–H and O–H groups in total. The van der Waals surface area contributed by atoms with Crippen LogP contribution < -0.4 is 14.8 Å². The number of benzene rings is 3. The molecule has 0 spiro atoms. The van der Waals surface area contributed by atoms with Gasteiger partial charge in [0, 0.05) is 4.47 Å². The molecule has 1 aliphatic rings. The first-order valence-corrected chi connectivity index (χ1v) is 11.4. The zero-order valence-corrected chi connectivity index (χ0v) is 20.2. The van der Waals surface area contributed by atoms with Crippen LogP contribution in [0.1, 0.15) is 27.0 Å². The molecule has 1 fully saturated rings. The Morgan fingerprint density at radius 3 is 2.34 bits per heavy atom. The summed E-state index contributed by atoms with van der Waals surface area (Å²) in [5.74, 6) is -0.472. The average Bonchev–Trinajstić information content (AvgIpc) is 3.11. The van der Waals surface area contributed by atoms with Crippen LogP contribution >= 0.6 is 15.9 Å². The van der Waals surface area contributed by atoms with Crippen LogP contribution in [0.2, 0.25) is 0 Å². The summed E-state index contributed by atoms with van der Waals surface area (Å²) in [6, 6.07) is 18.5. The van der Waals surface area contributed by atoms with E-state index in [1.165, 1.54) is 19.2 Å². The van der Waals surface area contributed by atoms with Gasteiger partial charge in [-0.2, -0.15) is 0 Å². The number of ether oxygens (including phenoxy) is 2. The molecule has 1 heterocycles. The quantitative estimate of drug-likeness (QED) is 0.315. The molecule has 1 saturated heterocycles. The minimum Gasteiger partial charge on any atom is -0.493 e. The third-order valence-electron chi connectivity index (χ3n) is 5.31. The van der Waals surface area contributed by atoms with Crippen molar-refractivity contribution < 1.29 is 29.0 Å². The lowest BCUT2D eigenvalue weighted by Crippen LogP contribution is -2.30. The third kappa shape index (κ3) is 5.70. The van der Waals surface area contributed by atoms with Gasteiger partial charge in [0.05, 0.1) is 19.2 Å². The number of halogens is 1. The fourth-order valence-electron chi connectivity index (χ4n) is 3.45. The summed E-state index contributed by atoms with van der Waals surface area (Å²) in [7, 11) is 1.50. The molecule has 4 rings (SSSR count). The van der Waals surface area contributed by atoms with E-state index in [1.54, 1.807) is 36.4 Å². The topological polar surface area (TPSA) is 105 Å². The molecule has 0 bridgehead atoms. The number of carboxylic acid groups (broad SMARTS) is 1. The van der Waals surface area contributed by atoms with Gasteiger partial charge in [-0.15, -0.1) is 0 Å². The second-order valence-electron chi connectivity index (χ2n) is 7.71. The molecule has 178 valence electrons. The number of amides is 3. The Morgan fingerprint density at radius 1 is 1.00 bits per heavy atom. The number of aromatic carboxylic acids is 1. The maximum Gasteiger partial charge on any atom is 0.335 e. The zero-order chi connectivity index (χ0) is 24.9. The Hall–Kier alpha value is -4.11. The van der Waals surface area contributed by atoms with Crippen LogP contribution in [0.15, 0.2) is 76.9 Å². The normalized spacial score (nSPS) is 14.2. The lowest BCUT2D eigenvalue weighted by molar-refractivity contribution is -0.123. The number of hydrogen-bond donors (Lipinski definition) is 2. The monoisotopic (exact) mass is 536 g/mol. The molecule has 0 saturated carbocycles. The van der Waals surface area contributed by atoms with Crippen LogP contribution in [0.5, 0.6) is 11.5 Å². The number of nitrogens with one attached hydrogen (secondary N) is 1. The van der Waals surface area contributed by atoms with Gasteiger partial charge in [0.2, 0.25) is 0 Å². The molecule has 3 aromatic carbocycles. The molecule has 1 aliphatic heterocycles. The van der Waals surface area contributed by atoms with E-state index in [4.69, 9.17) is 14.6 Å². The Kier molecular flexibility index (Phi) is 7.17. The van der Waals surface area contributed by atoms with E-state index in [1.807, 2.05) is 24.3 Å². The van der Waals surface area contributed by atoms with Crippen molar-refractivity contribution >= 4 is 39.9 Å². The number of nitrogens with zero attached hydrogens (tertiary/aromatic N) is 1. The summed E-state index contributed by atoms with van der Waals surface area (Å²) in [5, 5.41) is 11.6. The van der Waals surface area contributed by atoms with E-state index in [-0.39, 0.29) is 24.4 Å². The highest BCUT2D eigenvalue weighted by Crippen LogP contribution is 2.30. The lowest BCUT2D eigenvalue weighted by atomic mass is 10.1. The van der Waals surface area contributed by atoms with Crippen molar-refractivity contribution in [3.8, 4) is 11.5 Å². The van der Waals surface area contributed by atoms with Gasteiger partial charge >= 0.3 is 12.0 Å². The Bertz CT molecular complexity index is 1300. The van der Waals surface area contributed by atoms with Crippen LogP contribution in [0.4, 0.5) is 4.79 Å². The average molecular weight is 537 g/mol. The number of carbonyl (C=O) groups excluding carboxylic acids is 2. The molecular formula is C26H21BrN2O6. The number of methoxy groups -OCH3 is 1. The van der Waals surface area contributed by atoms with Gasteiger partial charge in [-0.1, -0.05) is 46.3 Å². The number of rotatable bonds is 8. The minimum atomic E-state index is -0.989. The molecule has 9 heteroatoms. The second kappa shape index (κ2) is 10.4. The van der Waals surface area contributed by atoms with E-state index in [0.717, 1.165) is 20.5 Å². The van der Waals surface area contributed by atoms with E-state index >= 15 is 0 Å². The van der Waals surface area contributed by atoms with E-state index in [9.17, 15) is 14.4 Å². The molecule has 0 unspecified atom stereocenters. The van der Waals surface area contributed by atoms with Crippen LogP contribution in [-0.2, 0) is 17.9 Å². The van der Waals surface area contributed by atoms with E-state index in [0.29, 0.717) is 17.1 Å². The molecule has 3 amide bonds. The number of urea groups is 1. The largest absolute Gasteiger partial charge is 0.493 e. The van der Waals surface area contributed by atoms with Crippen LogP contribution in [-0.4, -0.2) is 35.0 Å². The van der Waals surface area contributed by atoms with Gasteiger partial charge in [0.15, 0.2) is 11.5 Å². The van der Waals surface area contributed by atoms with Crippen molar-refractivity contribution in [3.63, 3.8) is 0 Å². The molecule has 0 aromatic heterocycles. The highest BCUT2D eigenvalue weighted by atomic mass is 79.9. The van der Waals surface area contributed by atoms with Crippen molar-refractivity contribution in [3.05, 3.63) is 99.2 Å². The van der Waals surface area contributed by atoms with Crippen molar-refractivity contribution in [2.24, 2.45) is 0 Å². The molecule has 0 atom stereocenters. The van der Waals surface area contributed by atoms with E-state index in [2.05, 4.69) is 21.2 Å². The fourth-order valence-corrected chi connectivity index (χ4v) is 3.72. The number of hydrogen-bond acceptors (Lipinski definition) is 5. The molecule has 0 aliphatic carbocycles. The highest BCUT2D eigenvalue weighted by Gasteiger charge is 2.33. The van der Waals surface area contributed by atoms with Crippen molar-refractivity contribution in [2.75, 3.05) is 7.11 Å². The number of carbonyl (C=O) groups is 3. The summed E-state index contributed by atoms with van der Waals surface area (Å²) in [5.41, 5.74) is 2.65. The van der Waals surface area contributed by atoms with Crippen LogP contribution in [0.25, 0.3) is 6.08 Å². The maximum absolute atomic E-state index is 12.8. The van der Waals surface area contributed by atoms with Gasteiger partial charge in [-0.3, -0.25) is 9.69 Å². The second-order valence-corrected chi connectivity index (χ2v) is 8.62. The summed E-state index contributed by atoms with van der Waals surface area (Å²) in [6.07, 6.45) is 1.58. The Labute approximate surface area is 209 Å². The molecule has 8 nitrogen and oxygen atoms in total. The fraction of sp³-hybridized carbons (Fsp3) is 0.115. The SMILES string of the molecule is COc1cc(/C=C2/NC(=O)N(Cc3ccc(Br)cc3)C2=O)ccc1OCc1ccc(C(=O)O)cc1. The van der Waals surface area contributed by atoms with E-state index < -0.39 is 17.9 Å². The van der Waals surface area contributed by atoms with Gasteiger partial charge in [-0.05, 0) is 59.2 Å². The Morgan fingerprint density at radius 2 is 1.69 bits per heavy atom. The molecule has 0 radical (unpaired) electrons. The number of imide groups is 1. The molecule has 35 heavy (non-hydrogen) atoms. The first-order chi connectivity index (χ1) is 16.8. The molecular weight excluding hydrogens is 516 g/mol. The highest BCUT2D eigenvalue weighted by molar-refractivity contribution is 9.10. The third-order valence-corrected chi connectivity index (χ3v) is 5.84. The van der Waals surface area contributed by atoms with Crippen molar-refractivity contribution in [2.45, 2.75) is 13.2 Å². The first kappa shape index (κ1) is 24.0. The van der Waals surface area contributed by atoms with Crippen molar-refractivity contribution in [1.29, 1.82) is 0 Å². The van der Waals surface area contributed by atoms with Gasteiger partial charge < -0.3 is 19.9 Å². The smallest absolute Gasteiger partial charge is 0.335 e. The predicted octanol–water partition coefficient (Wildman–Crippen LogP) is 4.83. The summed E-state index contributed by atoms with van der Waals surface area (Å²) >= 11 is 3.37. The summed E-state index contributed by atoms with van der Waals surface area (Å²) in [4.78, 5) is 37.3. The van der Waals surface area contributed by atoms with Crippen LogP contribution in [0.3, 0.4) is 0 Å². The number of carboxylic acids is 1.